The predicted octanol–water partition coefficient (Wildman–Crippen LogP) is 2.70. The number of nitrogens with two attached hydrogens (primary N) is 6. The van der Waals surface area contributed by atoms with Crippen LogP contribution in [0.1, 0.15) is 213 Å². The number of benzene rings is 2. The van der Waals surface area contributed by atoms with Crippen molar-refractivity contribution in [2.75, 3.05) is 31.6 Å². The van der Waals surface area contributed by atoms with Gasteiger partial charge in [-0.25, -0.2) is 0 Å². The Kier molecular flexibility index (Phi) is 47.5. The number of carboxylic acids is 1. The van der Waals surface area contributed by atoms with Crippen molar-refractivity contribution in [2.24, 2.45) is 56.2 Å². The molecule has 0 saturated heterocycles. The Morgan fingerprint density at radius 3 is 1.38 bits per heavy atom. The summed E-state index contributed by atoms with van der Waals surface area (Å²) in [6.45, 7) is 10.7. The van der Waals surface area contributed by atoms with Crippen molar-refractivity contribution in [3.05, 3.63) is 71.9 Å². The van der Waals surface area contributed by atoms with Crippen molar-refractivity contribution >= 4 is 106 Å². The monoisotopic (exact) mass is 1600 g/mol. The van der Waals surface area contributed by atoms with Crippen molar-refractivity contribution in [1.29, 1.82) is 0 Å². The number of aromatic amines is 1. The molecule has 1 heterocycles. The maximum atomic E-state index is 15.1. The van der Waals surface area contributed by atoms with Crippen molar-refractivity contribution in [1.82, 2.24) is 58.2 Å². The number of thioether (sulfide) groups is 1. The standard InChI is InChI=1S/C79H131N19O14S/c1-8-10-11-12-13-14-15-16-17-18-19-20-24-38-64(100)97-67(51(6)99)77(112)96-63(47-65(101)102)75(110)91-58(37-30-42-87-79(84)85)71(106)93-60(44-49(3)4)73(108)90-57(36-29-41-86-78(82)83)69(104)89-56(35-27-28-40-80)70(105)95-62(46-53-48-88-55-34-26-25-33-54(53)55)74(109)92-59(39-43-113-7)72(107)94-61(45-52-31-22-21-23-32-52)76(111)98-66(68(81)103)50(5)9-2/h21-23,25-26,31-34,48-51,56-63,66-67,88,99H,8-20,24,27-30,35-47,80H2,1-7H3,(H2,81,103)(H,89,104)(H,90,108)(H,91,110)(H,92,109)(H,93,106)(H,94,107)(H,95,105)(H,96,112)(H,97,100)(H,98,111)(H,101,102)(H4,82,83,86)(H4,84,85,87)/t50-,51+,56-,57-,58-,59-,60-,61-,62-,63-,66-,67-/m0/s1. The Labute approximate surface area is 669 Å². The minimum absolute atomic E-state index is 0.00648. The third-order valence-electron chi connectivity index (χ3n) is 19.4. The van der Waals surface area contributed by atoms with E-state index in [1.165, 1.54) is 63.6 Å². The summed E-state index contributed by atoms with van der Waals surface area (Å²) in [4.78, 5) is 181. The number of hydrogen-bond donors (Lipinski definition) is 19. The van der Waals surface area contributed by atoms with E-state index in [9.17, 15) is 58.2 Å². The number of unbranched alkanes of at least 4 members (excludes halogenated alkanes) is 13. The zero-order valence-electron chi connectivity index (χ0n) is 67.3. The number of guanidine groups is 2. The molecular formula is C79H131N19O14S. The molecular weight excluding hydrogens is 1470 g/mol. The Bertz CT molecular complexity index is 3500. The summed E-state index contributed by atoms with van der Waals surface area (Å²) < 4.78 is 0. The number of carbonyl (C=O) groups excluding carboxylic acids is 11. The number of nitrogens with one attached hydrogen (secondary N) is 11. The molecule has 0 aliphatic rings. The summed E-state index contributed by atoms with van der Waals surface area (Å²) in [7, 11) is 0. The summed E-state index contributed by atoms with van der Waals surface area (Å²) in [6.07, 6.45) is 15.9. The number of H-pyrrole nitrogens is 1. The highest BCUT2D eigenvalue weighted by Gasteiger charge is 2.38. The molecule has 0 saturated carbocycles. The van der Waals surface area contributed by atoms with Gasteiger partial charge in [-0.05, 0) is 119 Å². The van der Waals surface area contributed by atoms with Gasteiger partial charge < -0.3 is 103 Å². The van der Waals surface area contributed by atoms with E-state index in [-0.39, 0.29) is 114 Å². The number of fused-ring (bicyclic) bond motifs is 1. The van der Waals surface area contributed by atoms with Crippen LogP contribution >= 0.6 is 11.8 Å². The van der Waals surface area contributed by atoms with E-state index in [4.69, 9.17) is 34.4 Å². The van der Waals surface area contributed by atoms with Crippen LogP contribution in [0.15, 0.2) is 70.8 Å². The molecule has 2 aromatic carbocycles. The second-order valence-electron chi connectivity index (χ2n) is 29.5. The zero-order chi connectivity index (χ0) is 83.8. The molecule has 0 unspecified atom stereocenters. The summed E-state index contributed by atoms with van der Waals surface area (Å²) in [5.74, 6) is -11.8. The summed E-state index contributed by atoms with van der Waals surface area (Å²) >= 11 is 1.39. The van der Waals surface area contributed by atoms with Crippen LogP contribution in [0, 0.1) is 11.8 Å². The molecule has 33 nitrogen and oxygen atoms in total. The number of nitrogens with zero attached hydrogens (tertiary/aromatic N) is 2. The first kappa shape index (κ1) is 97.6. The molecule has 25 N–H and O–H groups in total. The van der Waals surface area contributed by atoms with Gasteiger partial charge in [-0.3, -0.25) is 67.5 Å². The van der Waals surface area contributed by atoms with Gasteiger partial charge in [0.2, 0.25) is 65.0 Å². The number of hydrogen-bond acceptors (Lipinski definition) is 17. The van der Waals surface area contributed by atoms with Gasteiger partial charge in [0.25, 0.3) is 0 Å². The molecule has 0 aliphatic heterocycles. The minimum Gasteiger partial charge on any atom is -0.481 e. The fourth-order valence-electron chi connectivity index (χ4n) is 12.8. The highest BCUT2D eigenvalue weighted by atomic mass is 32.2. The van der Waals surface area contributed by atoms with Crippen LogP contribution in [0.4, 0.5) is 0 Å². The molecule has 113 heavy (non-hydrogen) atoms. The van der Waals surface area contributed by atoms with Crippen LogP contribution in [0.25, 0.3) is 10.9 Å². The number of primary amides is 1. The van der Waals surface area contributed by atoms with Crippen molar-refractivity contribution in [3.63, 3.8) is 0 Å². The first-order valence-electron chi connectivity index (χ1n) is 40.0. The van der Waals surface area contributed by atoms with Gasteiger partial charge in [0, 0.05) is 49.5 Å². The number of carboxylic acid groups (broad SMARTS) is 1. The van der Waals surface area contributed by atoms with Crippen LogP contribution < -0.4 is 87.6 Å². The molecule has 34 heteroatoms. The largest absolute Gasteiger partial charge is 0.481 e. The maximum absolute atomic E-state index is 15.1. The normalized spacial score (nSPS) is 14.4. The number of aliphatic hydroxyl groups is 1. The molecule has 0 fully saturated rings. The first-order chi connectivity index (χ1) is 53.9. The molecule has 11 amide bonds. The fourth-order valence-corrected chi connectivity index (χ4v) is 13.3. The third kappa shape index (κ3) is 39.2. The molecule has 0 spiro atoms. The molecule has 0 radical (unpaired) electrons. The predicted molar refractivity (Wildman–Crippen MR) is 440 cm³/mol. The quantitative estimate of drug-likeness (QED) is 0.0219. The lowest BCUT2D eigenvalue weighted by atomic mass is 9.97. The average molecular weight is 1600 g/mol. The van der Waals surface area contributed by atoms with Crippen LogP contribution in [-0.2, 0) is 70.4 Å². The number of aromatic nitrogens is 1. The number of aliphatic hydroxyl groups excluding tert-OH is 1. The lowest BCUT2D eigenvalue weighted by molar-refractivity contribution is -0.142. The Morgan fingerprint density at radius 1 is 0.469 bits per heavy atom. The highest BCUT2D eigenvalue weighted by Crippen LogP contribution is 2.21. The van der Waals surface area contributed by atoms with Gasteiger partial charge in [0.05, 0.1) is 12.5 Å². The summed E-state index contributed by atoms with van der Waals surface area (Å²) in [6, 6.07) is 1.63. The minimum atomic E-state index is -1.88. The van der Waals surface area contributed by atoms with Crippen LogP contribution in [0.5, 0.6) is 0 Å². The molecule has 12 atom stereocenters. The molecule has 632 valence electrons. The number of para-hydroxylation sites is 1. The highest BCUT2D eigenvalue weighted by molar-refractivity contribution is 7.98. The van der Waals surface area contributed by atoms with E-state index in [1.807, 2.05) is 25.1 Å². The molecule has 1 aromatic heterocycles. The van der Waals surface area contributed by atoms with Gasteiger partial charge in [-0.1, -0.05) is 167 Å². The summed E-state index contributed by atoms with van der Waals surface area (Å²) in [5, 5.41) is 48.2. The molecule has 0 bridgehead atoms. The Morgan fingerprint density at radius 2 is 0.903 bits per heavy atom. The topological polar surface area (TPSA) is 562 Å². The van der Waals surface area contributed by atoms with E-state index >= 15 is 9.59 Å². The molecule has 3 aromatic rings. The van der Waals surface area contributed by atoms with E-state index in [1.54, 1.807) is 69.6 Å². The van der Waals surface area contributed by atoms with E-state index < -0.39 is 144 Å². The second-order valence-corrected chi connectivity index (χ2v) is 30.5. The molecule has 0 aliphatic carbocycles. The fraction of sp³-hybridized carbons (Fsp3) is 0.646. The van der Waals surface area contributed by atoms with E-state index in [2.05, 4.69) is 75.1 Å². The number of rotatable bonds is 60. The van der Waals surface area contributed by atoms with Gasteiger partial charge in [-0.2, -0.15) is 11.8 Å². The lowest BCUT2D eigenvalue weighted by Crippen LogP contribution is -2.61. The lowest BCUT2D eigenvalue weighted by Gasteiger charge is -2.29. The first-order valence-corrected chi connectivity index (χ1v) is 41.4. The van der Waals surface area contributed by atoms with Crippen molar-refractivity contribution in [3.8, 4) is 0 Å². The van der Waals surface area contributed by atoms with Gasteiger partial charge in [-0.15, -0.1) is 0 Å². The van der Waals surface area contributed by atoms with Crippen molar-refractivity contribution < 1.29 is 67.7 Å². The average Bonchev–Trinajstić information content (AvgIpc) is 1.75. The van der Waals surface area contributed by atoms with Gasteiger partial charge >= 0.3 is 5.97 Å². The third-order valence-corrected chi connectivity index (χ3v) is 20.0. The van der Waals surface area contributed by atoms with E-state index in [0.29, 0.717) is 47.0 Å². The number of carbonyl (C=O) groups is 12. The van der Waals surface area contributed by atoms with Crippen LogP contribution in [0.2, 0.25) is 0 Å². The number of aliphatic imine (C=N–C) groups is 2. The number of amides is 11. The number of aliphatic carboxylic acids is 1. The molecule has 3 rings (SSSR count). The zero-order valence-corrected chi connectivity index (χ0v) is 68.1. The van der Waals surface area contributed by atoms with Gasteiger partial charge in [0.15, 0.2) is 11.9 Å². The Balaban J connectivity index is 1.99. The van der Waals surface area contributed by atoms with Crippen LogP contribution in [-0.4, -0.2) is 196 Å². The van der Waals surface area contributed by atoms with Gasteiger partial charge in [0.1, 0.15) is 60.4 Å². The SMILES string of the molecule is CCCCCCCCCCCCCCCC(=O)N[C@H](C(=O)N[C@@H](CC(=O)O)C(=O)N[C@@H](CCCN=C(N)N)C(=O)N[C@@H](CC(C)C)C(=O)N[C@@H](CCCN=C(N)N)C(=O)N[C@@H](CCCCN)C(=O)N[C@@H](Cc1c[nH]c2ccccc12)C(=O)N[C@@H](CCSC)C(=O)N[C@@H](Cc1ccccc1)C(=O)N[C@H](C(N)=O)[C@@H](C)CC)[C@@H](C)O. The maximum Gasteiger partial charge on any atom is 0.305 e. The smallest absolute Gasteiger partial charge is 0.305 e. The van der Waals surface area contributed by atoms with E-state index in [0.717, 1.165) is 32.1 Å². The summed E-state index contributed by atoms with van der Waals surface area (Å²) in [5.41, 5.74) is 36.2. The second kappa shape index (κ2) is 55.0. The van der Waals surface area contributed by atoms with Crippen LogP contribution in [0.3, 0.4) is 0 Å². The van der Waals surface area contributed by atoms with Crippen molar-refractivity contribution in [2.45, 2.75) is 281 Å². The Hall–Kier alpha value is -9.57.